The maximum absolute atomic E-state index is 12.2. The molecule has 3 aromatic rings. The fraction of sp³-hybridized carbons (Fsp3) is 0.240. The quantitative estimate of drug-likeness (QED) is 0.165. The molecule has 0 saturated carbocycles. The normalized spacial score (nSPS) is 11.0. The summed E-state index contributed by atoms with van der Waals surface area (Å²) in [5.41, 5.74) is 0.151. The van der Waals surface area contributed by atoms with E-state index in [4.69, 9.17) is 18.6 Å². The summed E-state index contributed by atoms with van der Waals surface area (Å²) >= 11 is 0. The Labute approximate surface area is 190 Å². The molecule has 0 fully saturated rings. The summed E-state index contributed by atoms with van der Waals surface area (Å²) in [7, 11) is 1.57. The van der Waals surface area contributed by atoms with Crippen LogP contribution in [0.15, 0.2) is 63.8 Å². The van der Waals surface area contributed by atoms with Gasteiger partial charge in [-0.05, 0) is 55.3 Å². The number of fused-ring (bicyclic) bond motifs is 1. The monoisotopic (exact) mass is 451 g/mol. The molecule has 0 unspecified atom stereocenters. The zero-order valence-electron chi connectivity index (χ0n) is 18.5. The molecule has 2 aromatic carbocycles. The fourth-order valence-electron chi connectivity index (χ4n) is 2.98. The van der Waals surface area contributed by atoms with Gasteiger partial charge in [0.2, 0.25) is 0 Å². The molecule has 1 amide bonds. The molecule has 0 saturated heterocycles. The zero-order valence-corrected chi connectivity index (χ0v) is 18.5. The number of methoxy groups -OCH3 is 1. The molecule has 0 spiro atoms. The second-order valence-electron chi connectivity index (χ2n) is 7.01. The molecule has 8 nitrogen and oxygen atoms in total. The molecule has 0 bridgehead atoms. The number of hydrogen-bond donors (Lipinski definition) is 1. The maximum Gasteiger partial charge on any atom is 0.349 e. The molecule has 0 aliphatic heterocycles. The van der Waals surface area contributed by atoms with Gasteiger partial charge >= 0.3 is 11.6 Å². The lowest BCUT2D eigenvalue weighted by Gasteiger charge is -2.06. The van der Waals surface area contributed by atoms with Crippen LogP contribution in [0, 0.1) is 0 Å². The Bertz CT molecular complexity index is 1200. The van der Waals surface area contributed by atoms with Crippen molar-refractivity contribution in [2.45, 2.75) is 13.3 Å². The molecule has 1 N–H and O–H groups in total. The Morgan fingerprint density at radius 1 is 1.06 bits per heavy atom. The first-order chi connectivity index (χ1) is 16.0. The van der Waals surface area contributed by atoms with Crippen molar-refractivity contribution in [3.63, 3.8) is 0 Å². The van der Waals surface area contributed by atoms with Crippen LogP contribution in [-0.4, -0.2) is 38.7 Å². The Morgan fingerprint density at radius 2 is 1.82 bits per heavy atom. The number of esters is 1. The van der Waals surface area contributed by atoms with E-state index in [9.17, 15) is 14.4 Å². The molecule has 0 aliphatic rings. The van der Waals surface area contributed by atoms with Gasteiger partial charge in [0, 0.05) is 37.8 Å². The van der Waals surface area contributed by atoms with Crippen LogP contribution in [0.3, 0.4) is 0 Å². The Balaban J connectivity index is 1.66. The van der Waals surface area contributed by atoms with Crippen molar-refractivity contribution in [2.24, 2.45) is 0 Å². The molecule has 172 valence electrons. The molecule has 0 aliphatic carbocycles. The van der Waals surface area contributed by atoms with Crippen LogP contribution in [0.25, 0.3) is 17.0 Å². The predicted octanol–water partition coefficient (Wildman–Crippen LogP) is 3.58. The van der Waals surface area contributed by atoms with E-state index >= 15 is 0 Å². The number of hydrogen-bond acceptors (Lipinski definition) is 7. The number of ether oxygens (including phenoxy) is 3. The molecular weight excluding hydrogens is 426 g/mol. The summed E-state index contributed by atoms with van der Waals surface area (Å²) in [6, 6.07) is 13.3. The average Bonchev–Trinajstić information content (AvgIpc) is 2.81. The van der Waals surface area contributed by atoms with Gasteiger partial charge < -0.3 is 23.9 Å². The number of benzene rings is 2. The van der Waals surface area contributed by atoms with E-state index in [-0.39, 0.29) is 16.9 Å². The highest BCUT2D eigenvalue weighted by molar-refractivity contribution is 5.97. The Kier molecular flexibility index (Phi) is 8.37. The molecule has 0 radical (unpaired) electrons. The van der Waals surface area contributed by atoms with Crippen molar-refractivity contribution in [1.82, 2.24) is 5.32 Å². The van der Waals surface area contributed by atoms with Gasteiger partial charge in [-0.15, -0.1) is 0 Å². The van der Waals surface area contributed by atoms with E-state index in [1.807, 2.05) is 31.2 Å². The summed E-state index contributed by atoms with van der Waals surface area (Å²) < 4.78 is 20.9. The zero-order chi connectivity index (χ0) is 23.6. The lowest BCUT2D eigenvalue weighted by molar-refractivity contribution is -0.128. The van der Waals surface area contributed by atoms with E-state index in [1.54, 1.807) is 25.3 Å². The van der Waals surface area contributed by atoms with E-state index in [2.05, 4.69) is 5.32 Å². The van der Waals surface area contributed by atoms with Crippen molar-refractivity contribution in [1.29, 1.82) is 0 Å². The van der Waals surface area contributed by atoms with Gasteiger partial charge in [0.1, 0.15) is 22.6 Å². The van der Waals surface area contributed by atoms with Crippen molar-refractivity contribution in [3.8, 4) is 11.5 Å². The summed E-state index contributed by atoms with van der Waals surface area (Å²) in [5, 5.41) is 3.18. The minimum atomic E-state index is -0.773. The Morgan fingerprint density at radius 3 is 2.55 bits per heavy atom. The van der Waals surface area contributed by atoms with Crippen molar-refractivity contribution in [3.05, 3.63) is 76.2 Å². The highest BCUT2D eigenvalue weighted by atomic mass is 16.5. The van der Waals surface area contributed by atoms with Crippen molar-refractivity contribution < 1.29 is 28.2 Å². The molecule has 8 heteroatoms. The fourth-order valence-corrected chi connectivity index (χ4v) is 2.98. The molecular formula is C25H25NO7. The minimum absolute atomic E-state index is 0.0945. The second kappa shape index (κ2) is 11.6. The highest BCUT2D eigenvalue weighted by Crippen LogP contribution is 2.21. The topological polar surface area (TPSA) is 104 Å². The first-order valence-corrected chi connectivity index (χ1v) is 10.5. The number of carbonyl (C=O) groups is 2. The third kappa shape index (κ3) is 6.78. The third-order valence-corrected chi connectivity index (χ3v) is 4.58. The predicted molar refractivity (Wildman–Crippen MR) is 124 cm³/mol. The minimum Gasteiger partial charge on any atom is -0.494 e. The van der Waals surface area contributed by atoms with Gasteiger partial charge in [-0.25, -0.2) is 9.59 Å². The second-order valence-corrected chi connectivity index (χ2v) is 7.01. The van der Waals surface area contributed by atoms with Gasteiger partial charge in [0.25, 0.3) is 5.91 Å². The maximum atomic E-state index is 12.2. The number of carbonyl (C=O) groups excluding carboxylic acids is 2. The van der Waals surface area contributed by atoms with Crippen LogP contribution in [0.1, 0.15) is 29.3 Å². The van der Waals surface area contributed by atoms with Crippen LogP contribution < -0.4 is 20.4 Å². The van der Waals surface area contributed by atoms with Crippen LogP contribution in [0.4, 0.5) is 0 Å². The average molecular weight is 451 g/mol. The van der Waals surface area contributed by atoms with Gasteiger partial charge in [-0.1, -0.05) is 12.1 Å². The lowest BCUT2D eigenvalue weighted by Crippen LogP contribution is -2.29. The van der Waals surface area contributed by atoms with Crippen LogP contribution in [-0.2, 0) is 9.53 Å². The smallest absolute Gasteiger partial charge is 0.349 e. The standard InChI is InChI=1S/C25H25NO7/c1-3-31-19-9-5-17(6-10-19)7-12-23(27)32-20-11-8-18-15-21(25(29)33-22(18)16-20)24(28)26-13-4-14-30-2/h5-12,15-16H,3-4,13-14H2,1-2H3,(H,26,28)/b12-7+. The number of nitrogens with one attached hydrogen (secondary N) is 1. The van der Waals surface area contributed by atoms with E-state index in [0.29, 0.717) is 31.6 Å². The number of rotatable bonds is 10. The van der Waals surface area contributed by atoms with E-state index in [0.717, 1.165) is 11.3 Å². The largest absolute Gasteiger partial charge is 0.494 e. The first kappa shape index (κ1) is 23.7. The highest BCUT2D eigenvalue weighted by Gasteiger charge is 2.14. The van der Waals surface area contributed by atoms with Gasteiger partial charge in [0.05, 0.1) is 6.61 Å². The van der Waals surface area contributed by atoms with Gasteiger partial charge in [0.15, 0.2) is 0 Å². The summed E-state index contributed by atoms with van der Waals surface area (Å²) in [6.07, 6.45) is 3.55. The Hall–Kier alpha value is -3.91. The van der Waals surface area contributed by atoms with Crippen molar-refractivity contribution in [2.75, 3.05) is 26.9 Å². The van der Waals surface area contributed by atoms with Crippen LogP contribution >= 0.6 is 0 Å². The van der Waals surface area contributed by atoms with Crippen molar-refractivity contribution >= 4 is 28.9 Å². The lowest BCUT2D eigenvalue weighted by atomic mass is 10.1. The SMILES string of the molecule is CCOc1ccc(/C=C/C(=O)Oc2ccc3cc(C(=O)NCCCOC)c(=O)oc3c2)cc1. The summed E-state index contributed by atoms with van der Waals surface area (Å²) in [6.45, 7) is 3.37. The molecule has 1 heterocycles. The van der Waals surface area contributed by atoms with Crippen LogP contribution in [0.5, 0.6) is 11.5 Å². The van der Waals surface area contributed by atoms with E-state index < -0.39 is 17.5 Å². The molecule has 1 aromatic heterocycles. The summed E-state index contributed by atoms with van der Waals surface area (Å²) in [5.74, 6) is -0.139. The van der Waals surface area contributed by atoms with Gasteiger partial charge in [-0.3, -0.25) is 4.79 Å². The van der Waals surface area contributed by atoms with Gasteiger partial charge in [-0.2, -0.15) is 0 Å². The summed E-state index contributed by atoms with van der Waals surface area (Å²) in [4.78, 5) is 36.6. The third-order valence-electron chi connectivity index (χ3n) is 4.58. The molecule has 3 rings (SSSR count). The first-order valence-electron chi connectivity index (χ1n) is 10.5. The molecule has 33 heavy (non-hydrogen) atoms. The van der Waals surface area contributed by atoms with E-state index in [1.165, 1.54) is 18.2 Å². The molecule has 0 atom stereocenters. The number of amides is 1. The van der Waals surface area contributed by atoms with Crippen LogP contribution in [0.2, 0.25) is 0 Å².